The molecule has 0 saturated heterocycles. The molecule has 2 aromatic carbocycles. The molecule has 0 bridgehead atoms. The van der Waals surface area contributed by atoms with Crippen molar-refractivity contribution in [2.75, 3.05) is 6.54 Å². The number of benzene rings is 2. The second kappa shape index (κ2) is 6.75. The van der Waals surface area contributed by atoms with Gasteiger partial charge in [-0.05, 0) is 44.0 Å². The Bertz CT molecular complexity index is 1190. The first-order valence-corrected chi connectivity index (χ1v) is 9.80. The standard InChI is InChI=1S/C23H22N4O/c1-15-25-20-8-4-5-9-22(20)27(15)13-12-24-23(28)18-14-21(16-10-11-16)26-19-7-3-2-6-17(18)19/h2-9,14,16H,10-13H2,1H3,(H,24,28). The Labute approximate surface area is 163 Å². The predicted molar refractivity (Wildman–Crippen MR) is 111 cm³/mol. The molecule has 0 radical (unpaired) electrons. The van der Waals surface area contributed by atoms with Crippen molar-refractivity contribution in [3.05, 3.63) is 71.7 Å². The zero-order chi connectivity index (χ0) is 19.1. The maximum atomic E-state index is 13.0. The van der Waals surface area contributed by atoms with Crippen LogP contribution in [-0.2, 0) is 6.54 Å². The number of fused-ring (bicyclic) bond motifs is 2. The summed E-state index contributed by atoms with van der Waals surface area (Å²) in [6.07, 6.45) is 2.33. The van der Waals surface area contributed by atoms with E-state index in [9.17, 15) is 4.79 Å². The van der Waals surface area contributed by atoms with Gasteiger partial charge in [-0.15, -0.1) is 0 Å². The zero-order valence-corrected chi connectivity index (χ0v) is 15.9. The fourth-order valence-electron chi connectivity index (χ4n) is 3.83. The third-order valence-electron chi connectivity index (χ3n) is 5.44. The van der Waals surface area contributed by atoms with Crippen molar-refractivity contribution in [2.45, 2.75) is 32.2 Å². The van der Waals surface area contributed by atoms with Gasteiger partial charge in [0.05, 0.1) is 22.1 Å². The summed E-state index contributed by atoms with van der Waals surface area (Å²) in [6.45, 7) is 3.24. The van der Waals surface area contributed by atoms with E-state index in [4.69, 9.17) is 4.98 Å². The highest BCUT2D eigenvalue weighted by Crippen LogP contribution is 2.40. The monoisotopic (exact) mass is 370 g/mol. The quantitative estimate of drug-likeness (QED) is 0.573. The van der Waals surface area contributed by atoms with E-state index >= 15 is 0 Å². The molecule has 2 heterocycles. The van der Waals surface area contributed by atoms with Gasteiger partial charge in [0.2, 0.25) is 0 Å². The van der Waals surface area contributed by atoms with Gasteiger partial charge in [0.25, 0.3) is 5.91 Å². The minimum atomic E-state index is -0.0393. The number of amides is 1. The topological polar surface area (TPSA) is 59.8 Å². The van der Waals surface area contributed by atoms with Crippen molar-refractivity contribution in [3.8, 4) is 0 Å². The van der Waals surface area contributed by atoms with Gasteiger partial charge in [0, 0.05) is 30.1 Å². The van der Waals surface area contributed by atoms with E-state index in [2.05, 4.69) is 20.9 Å². The van der Waals surface area contributed by atoms with Crippen molar-refractivity contribution in [1.29, 1.82) is 0 Å². The molecule has 140 valence electrons. The highest BCUT2D eigenvalue weighted by Gasteiger charge is 2.26. The van der Waals surface area contributed by atoms with Crippen LogP contribution in [0.5, 0.6) is 0 Å². The van der Waals surface area contributed by atoms with Gasteiger partial charge in [-0.2, -0.15) is 0 Å². The smallest absolute Gasteiger partial charge is 0.252 e. The van der Waals surface area contributed by atoms with Crippen LogP contribution in [0.1, 0.15) is 40.6 Å². The Morgan fingerprint density at radius 1 is 1.07 bits per heavy atom. The number of nitrogens with zero attached hydrogens (tertiary/aromatic N) is 3. The lowest BCUT2D eigenvalue weighted by molar-refractivity contribution is 0.0954. The molecule has 0 atom stereocenters. The number of nitrogens with one attached hydrogen (secondary N) is 1. The maximum Gasteiger partial charge on any atom is 0.252 e. The van der Waals surface area contributed by atoms with Crippen molar-refractivity contribution >= 4 is 27.8 Å². The van der Waals surface area contributed by atoms with E-state index in [1.54, 1.807) is 0 Å². The van der Waals surface area contributed by atoms with Crippen LogP contribution in [0, 0.1) is 6.92 Å². The number of carbonyl (C=O) groups excluding carboxylic acids is 1. The lowest BCUT2D eigenvalue weighted by Crippen LogP contribution is -2.28. The Hall–Kier alpha value is -3.21. The summed E-state index contributed by atoms with van der Waals surface area (Å²) in [4.78, 5) is 22.3. The molecule has 1 N–H and O–H groups in total. The fourth-order valence-corrected chi connectivity index (χ4v) is 3.83. The number of aryl methyl sites for hydroxylation is 1. The minimum Gasteiger partial charge on any atom is -0.350 e. The normalized spacial score (nSPS) is 13.9. The van der Waals surface area contributed by atoms with E-state index in [0.29, 0.717) is 19.0 Å². The number of carbonyl (C=O) groups is 1. The van der Waals surface area contributed by atoms with Crippen LogP contribution in [0.3, 0.4) is 0 Å². The third kappa shape index (κ3) is 3.03. The van der Waals surface area contributed by atoms with E-state index in [1.807, 2.05) is 55.5 Å². The second-order valence-corrected chi connectivity index (χ2v) is 7.44. The first-order chi connectivity index (χ1) is 13.7. The zero-order valence-electron chi connectivity index (χ0n) is 15.9. The number of para-hydroxylation sites is 3. The maximum absolute atomic E-state index is 13.0. The van der Waals surface area contributed by atoms with Gasteiger partial charge in [0.1, 0.15) is 5.82 Å². The molecule has 1 aliphatic rings. The molecular weight excluding hydrogens is 348 g/mol. The minimum absolute atomic E-state index is 0.0393. The van der Waals surface area contributed by atoms with Gasteiger partial charge in [-0.1, -0.05) is 30.3 Å². The summed E-state index contributed by atoms with van der Waals surface area (Å²) < 4.78 is 2.15. The highest BCUT2D eigenvalue weighted by molar-refractivity contribution is 6.06. The Balaban J connectivity index is 1.38. The molecule has 1 fully saturated rings. The van der Waals surface area contributed by atoms with Crippen molar-refractivity contribution < 1.29 is 4.79 Å². The molecule has 0 aliphatic heterocycles. The third-order valence-corrected chi connectivity index (χ3v) is 5.44. The molecule has 5 nitrogen and oxygen atoms in total. The van der Waals surface area contributed by atoms with Crippen LogP contribution in [0.25, 0.3) is 21.9 Å². The largest absolute Gasteiger partial charge is 0.350 e. The summed E-state index contributed by atoms with van der Waals surface area (Å²) in [5.41, 5.74) is 4.74. The second-order valence-electron chi connectivity index (χ2n) is 7.44. The van der Waals surface area contributed by atoms with E-state index in [-0.39, 0.29) is 5.91 Å². The molecule has 5 heteroatoms. The summed E-state index contributed by atoms with van der Waals surface area (Å²) in [5.74, 6) is 1.43. The van der Waals surface area contributed by atoms with Gasteiger partial charge in [-0.3, -0.25) is 9.78 Å². The number of hydrogen-bond donors (Lipinski definition) is 1. The van der Waals surface area contributed by atoms with Crippen LogP contribution in [0.4, 0.5) is 0 Å². The molecule has 4 aromatic rings. The lowest BCUT2D eigenvalue weighted by atomic mass is 10.1. The molecule has 0 spiro atoms. The summed E-state index contributed by atoms with van der Waals surface area (Å²) in [6, 6.07) is 18.0. The number of rotatable bonds is 5. The van der Waals surface area contributed by atoms with Gasteiger partial charge < -0.3 is 9.88 Å². The summed E-state index contributed by atoms with van der Waals surface area (Å²) in [7, 11) is 0. The van der Waals surface area contributed by atoms with Gasteiger partial charge in [-0.25, -0.2) is 4.98 Å². The number of aromatic nitrogens is 3. The van der Waals surface area contributed by atoms with E-state index < -0.39 is 0 Å². The molecule has 0 unspecified atom stereocenters. The van der Waals surface area contributed by atoms with Crippen LogP contribution in [0.15, 0.2) is 54.6 Å². The number of hydrogen-bond acceptors (Lipinski definition) is 3. The molecular formula is C23H22N4O. The van der Waals surface area contributed by atoms with Crippen LogP contribution in [0.2, 0.25) is 0 Å². The molecule has 1 aliphatic carbocycles. The van der Waals surface area contributed by atoms with Crippen molar-refractivity contribution in [1.82, 2.24) is 19.9 Å². The Morgan fingerprint density at radius 3 is 2.64 bits per heavy atom. The van der Waals surface area contributed by atoms with Crippen molar-refractivity contribution in [3.63, 3.8) is 0 Å². The number of imidazole rings is 1. The fraction of sp³-hybridized carbons (Fsp3) is 0.261. The van der Waals surface area contributed by atoms with E-state index in [1.165, 1.54) is 12.8 Å². The van der Waals surface area contributed by atoms with Crippen LogP contribution < -0.4 is 5.32 Å². The van der Waals surface area contributed by atoms with Crippen LogP contribution in [-0.4, -0.2) is 27.0 Å². The summed E-state index contributed by atoms with van der Waals surface area (Å²) in [5, 5.41) is 4.00. The lowest BCUT2D eigenvalue weighted by Gasteiger charge is -2.11. The van der Waals surface area contributed by atoms with Crippen LogP contribution >= 0.6 is 0 Å². The predicted octanol–water partition coefficient (Wildman–Crippen LogP) is 4.20. The van der Waals surface area contributed by atoms with Crippen molar-refractivity contribution in [2.24, 2.45) is 0 Å². The first-order valence-electron chi connectivity index (χ1n) is 9.80. The Kier molecular flexibility index (Phi) is 4.08. The molecule has 1 amide bonds. The van der Waals surface area contributed by atoms with Gasteiger partial charge >= 0.3 is 0 Å². The average molecular weight is 370 g/mol. The average Bonchev–Trinajstić information content (AvgIpc) is 3.51. The Morgan fingerprint density at radius 2 is 1.82 bits per heavy atom. The molecule has 1 saturated carbocycles. The molecule has 28 heavy (non-hydrogen) atoms. The van der Waals surface area contributed by atoms with E-state index in [0.717, 1.165) is 39.0 Å². The van der Waals surface area contributed by atoms with Gasteiger partial charge in [0.15, 0.2) is 0 Å². The summed E-state index contributed by atoms with van der Waals surface area (Å²) >= 11 is 0. The SMILES string of the molecule is Cc1nc2ccccc2n1CCNC(=O)c1cc(C2CC2)nc2ccccc12. The highest BCUT2D eigenvalue weighted by atomic mass is 16.1. The number of pyridine rings is 1. The molecule has 5 rings (SSSR count). The molecule has 2 aromatic heterocycles. The first kappa shape index (κ1) is 16.9.